The third-order valence-electron chi connectivity index (χ3n) is 3.63. The molecule has 2 aromatic rings. The Hall–Kier alpha value is -3.22. The summed E-state index contributed by atoms with van der Waals surface area (Å²) in [6.45, 7) is 4.07. The first-order chi connectivity index (χ1) is 11.9. The van der Waals surface area contributed by atoms with Crippen LogP contribution in [0.4, 0.5) is 11.4 Å². The Morgan fingerprint density at radius 2 is 1.76 bits per heavy atom. The van der Waals surface area contributed by atoms with Crippen LogP contribution < -0.4 is 10.6 Å². The lowest BCUT2D eigenvalue weighted by atomic mass is 10.1. The molecule has 0 aliphatic carbocycles. The van der Waals surface area contributed by atoms with Gasteiger partial charge in [-0.25, -0.2) is 0 Å². The van der Waals surface area contributed by atoms with E-state index in [4.69, 9.17) is 0 Å². The van der Waals surface area contributed by atoms with Gasteiger partial charge >= 0.3 is 0 Å². The van der Waals surface area contributed by atoms with Crippen molar-refractivity contribution in [3.63, 3.8) is 0 Å². The van der Waals surface area contributed by atoms with Crippen LogP contribution in [0.1, 0.15) is 27.9 Å². The number of non-ortho nitro benzene ring substituents is 1. The SMILES string of the molecule is Cc1ccc(NC(=O)CCNC(=O)c2ccc([N+](=O)[O-])cc2)c(C)c1. The molecular formula is C18H19N3O4. The van der Waals surface area contributed by atoms with Crippen LogP contribution in [-0.2, 0) is 4.79 Å². The summed E-state index contributed by atoms with van der Waals surface area (Å²) < 4.78 is 0. The summed E-state index contributed by atoms with van der Waals surface area (Å²) in [5.74, 6) is -0.579. The van der Waals surface area contributed by atoms with Gasteiger partial charge in [0, 0.05) is 36.3 Å². The number of amides is 2. The van der Waals surface area contributed by atoms with Gasteiger partial charge in [0.05, 0.1) is 4.92 Å². The van der Waals surface area contributed by atoms with Crippen molar-refractivity contribution in [3.05, 3.63) is 69.3 Å². The van der Waals surface area contributed by atoms with Gasteiger partial charge in [-0.3, -0.25) is 19.7 Å². The first-order valence-electron chi connectivity index (χ1n) is 7.76. The van der Waals surface area contributed by atoms with Gasteiger partial charge in [-0.2, -0.15) is 0 Å². The van der Waals surface area contributed by atoms with E-state index in [1.165, 1.54) is 24.3 Å². The van der Waals surface area contributed by atoms with E-state index >= 15 is 0 Å². The molecule has 0 saturated heterocycles. The largest absolute Gasteiger partial charge is 0.352 e. The van der Waals surface area contributed by atoms with Crippen molar-refractivity contribution >= 4 is 23.2 Å². The van der Waals surface area contributed by atoms with Crippen LogP contribution in [0, 0.1) is 24.0 Å². The zero-order chi connectivity index (χ0) is 18.4. The van der Waals surface area contributed by atoms with E-state index < -0.39 is 4.92 Å². The highest BCUT2D eigenvalue weighted by Gasteiger charge is 2.10. The number of nitro groups is 1. The normalized spacial score (nSPS) is 10.2. The molecule has 2 amide bonds. The summed E-state index contributed by atoms with van der Waals surface area (Å²) in [7, 11) is 0. The average Bonchev–Trinajstić information content (AvgIpc) is 2.57. The number of hydrogen-bond acceptors (Lipinski definition) is 4. The number of aryl methyl sites for hydroxylation is 2. The molecule has 2 N–H and O–H groups in total. The zero-order valence-electron chi connectivity index (χ0n) is 14.0. The number of nitro benzene ring substituents is 1. The van der Waals surface area contributed by atoms with Gasteiger partial charge < -0.3 is 10.6 Å². The average molecular weight is 341 g/mol. The van der Waals surface area contributed by atoms with Crippen molar-refractivity contribution in [2.75, 3.05) is 11.9 Å². The molecule has 0 bridgehead atoms. The molecule has 0 radical (unpaired) electrons. The van der Waals surface area contributed by atoms with E-state index in [0.717, 1.165) is 16.8 Å². The van der Waals surface area contributed by atoms with Crippen LogP contribution in [0.2, 0.25) is 0 Å². The van der Waals surface area contributed by atoms with E-state index in [0.29, 0.717) is 5.56 Å². The Labute approximate surface area is 145 Å². The van der Waals surface area contributed by atoms with Crippen molar-refractivity contribution in [3.8, 4) is 0 Å². The number of carbonyl (C=O) groups is 2. The topological polar surface area (TPSA) is 101 Å². The lowest BCUT2D eigenvalue weighted by Crippen LogP contribution is -2.27. The zero-order valence-corrected chi connectivity index (χ0v) is 14.0. The number of rotatable bonds is 6. The van der Waals surface area contributed by atoms with Crippen LogP contribution in [0.15, 0.2) is 42.5 Å². The Morgan fingerprint density at radius 3 is 2.36 bits per heavy atom. The van der Waals surface area contributed by atoms with Gasteiger partial charge in [-0.05, 0) is 37.6 Å². The quantitative estimate of drug-likeness (QED) is 0.623. The lowest BCUT2D eigenvalue weighted by Gasteiger charge is -2.09. The predicted octanol–water partition coefficient (Wildman–Crippen LogP) is 2.97. The van der Waals surface area contributed by atoms with Crippen molar-refractivity contribution in [1.29, 1.82) is 0 Å². The van der Waals surface area contributed by atoms with Crippen LogP contribution in [0.25, 0.3) is 0 Å². The maximum Gasteiger partial charge on any atom is 0.269 e. The lowest BCUT2D eigenvalue weighted by molar-refractivity contribution is -0.384. The molecule has 0 spiro atoms. The predicted molar refractivity (Wildman–Crippen MR) is 94.6 cm³/mol. The summed E-state index contributed by atoms with van der Waals surface area (Å²) in [6, 6.07) is 11.0. The number of nitrogens with one attached hydrogen (secondary N) is 2. The molecule has 0 aromatic heterocycles. The minimum atomic E-state index is -0.529. The summed E-state index contributed by atoms with van der Waals surface area (Å²) in [4.78, 5) is 33.9. The summed E-state index contributed by atoms with van der Waals surface area (Å²) >= 11 is 0. The van der Waals surface area contributed by atoms with Gasteiger partial charge in [0.2, 0.25) is 5.91 Å². The number of benzene rings is 2. The molecule has 0 fully saturated rings. The van der Waals surface area contributed by atoms with Crippen molar-refractivity contribution in [1.82, 2.24) is 5.32 Å². The molecule has 0 heterocycles. The first kappa shape index (κ1) is 18.1. The fraction of sp³-hybridized carbons (Fsp3) is 0.222. The Kier molecular flexibility index (Phi) is 5.84. The molecule has 130 valence electrons. The van der Waals surface area contributed by atoms with E-state index in [2.05, 4.69) is 10.6 Å². The van der Waals surface area contributed by atoms with E-state index in [1.807, 2.05) is 32.0 Å². The highest BCUT2D eigenvalue weighted by atomic mass is 16.6. The van der Waals surface area contributed by atoms with Crippen LogP contribution >= 0.6 is 0 Å². The highest BCUT2D eigenvalue weighted by molar-refractivity contribution is 5.95. The van der Waals surface area contributed by atoms with E-state index in [-0.39, 0.29) is 30.5 Å². The summed E-state index contributed by atoms with van der Waals surface area (Å²) in [5, 5.41) is 16.0. The monoisotopic (exact) mass is 341 g/mol. The minimum absolute atomic E-state index is 0.0793. The summed E-state index contributed by atoms with van der Waals surface area (Å²) in [6.07, 6.45) is 0.131. The van der Waals surface area contributed by atoms with Crippen molar-refractivity contribution < 1.29 is 14.5 Å². The second-order valence-corrected chi connectivity index (χ2v) is 5.68. The van der Waals surface area contributed by atoms with E-state index in [9.17, 15) is 19.7 Å². The molecule has 25 heavy (non-hydrogen) atoms. The standard InChI is InChI=1S/C18H19N3O4/c1-12-3-8-16(13(2)11-12)20-17(22)9-10-19-18(23)14-4-6-15(7-5-14)21(24)25/h3-8,11H,9-10H2,1-2H3,(H,19,23)(H,20,22). The Bertz CT molecular complexity index is 800. The first-order valence-corrected chi connectivity index (χ1v) is 7.76. The summed E-state index contributed by atoms with van der Waals surface area (Å²) in [5.41, 5.74) is 3.07. The highest BCUT2D eigenvalue weighted by Crippen LogP contribution is 2.16. The molecule has 2 rings (SSSR count). The third kappa shape index (κ3) is 5.13. The van der Waals surface area contributed by atoms with Gasteiger partial charge in [0.1, 0.15) is 0 Å². The van der Waals surface area contributed by atoms with Crippen LogP contribution in [-0.4, -0.2) is 23.3 Å². The maximum absolute atomic E-state index is 11.9. The number of hydrogen-bond donors (Lipinski definition) is 2. The molecule has 2 aromatic carbocycles. The minimum Gasteiger partial charge on any atom is -0.352 e. The van der Waals surface area contributed by atoms with Gasteiger partial charge in [0.15, 0.2) is 0 Å². The third-order valence-corrected chi connectivity index (χ3v) is 3.63. The van der Waals surface area contributed by atoms with Gasteiger partial charge in [-0.1, -0.05) is 17.7 Å². The molecule has 0 aliphatic heterocycles. The van der Waals surface area contributed by atoms with Gasteiger partial charge in [-0.15, -0.1) is 0 Å². The molecule has 7 nitrogen and oxygen atoms in total. The van der Waals surface area contributed by atoms with Crippen molar-refractivity contribution in [2.45, 2.75) is 20.3 Å². The second kappa shape index (κ2) is 8.05. The fourth-order valence-electron chi connectivity index (χ4n) is 2.29. The maximum atomic E-state index is 11.9. The second-order valence-electron chi connectivity index (χ2n) is 5.68. The molecule has 0 aliphatic rings. The van der Waals surface area contributed by atoms with Crippen LogP contribution in [0.3, 0.4) is 0 Å². The number of anilines is 1. The van der Waals surface area contributed by atoms with Gasteiger partial charge in [0.25, 0.3) is 11.6 Å². The Morgan fingerprint density at radius 1 is 1.08 bits per heavy atom. The molecule has 0 atom stereocenters. The number of carbonyl (C=O) groups excluding carboxylic acids is 2. The number of nitrogens with zero attached hydrogens (tertiary/aromatic N) is 1. The molecule has 0 unspecified atom stereocenters. The molecule has 0 saturated carbocycles. The molecular weight excluding hydrogens is 322 g/mol. The van der Waals surface area contributed by atoms with E-state index in [1.54, 1.807) is 0 Å². The van der Waals surface area contributed by atoms with Crippen LogP contribution in [0.5, 0.6) is 0 Å². The smallest absolute Gasteiger partial charge is 0.269 e. The fourth-order valence-corrected chi connectivity index (χ4v) is 2.29. The van der Waals surface area contributed by atoms with Crippen molar-refractivity contribution in [2.24, 2.45) is 0 Å². The molecule has 7 heteroatoms. The Balaban J connectivity index is 1.82.